The molecule has 1 atom stereocenters. The number of hydrogen-bond donors (Lipinski definition) is 0. The van der Waals surface area contributed by atoms with E-state index in [1.165, 1.54) is 94.6 Å². The largest absolute Gasteiger partial charge is 0.423 e. The lowest BCUT2D eigenvalue weighted by molar-refractivity contribution is 0.0635. The molecular formula is C40H56O3. The highest BCUT2D eigenvalue weighted by atomic mass is 16.5. The molecule has 1 unspecified atom stereocenters. The van der Waals surface area contributed by atoms with Crippen molar-refractivity contribution in [3.63, 3.8) is 0 Å². The van der Waals surface area contributed by atoms with Gasteiger partial charge in [-0.15, -0.1) is 0 Å². The summed E-state index contributed by atoms with van der Waals surface area (Å²) in [6, 6.07) is 24.2. The van der Waals surface area contributed by atoms with E-state index < -0.39 is 0 Å². The summed E-state index contributed by atoms with van der Waals surface area (Å²) in [6.45, 7) is 7.23. The molecule has 0 aromatic heterocycles. The Balaban J connectivity index is 1.32. The molecule has 43 heavy (non-hydrogen) atoms. The maximum atomic E-state index is 12.7. The summed E-state index contributed by atoms with van der Waals surface area (Å²) in [5.41, 5.74) is 5.30. The Bertz CT molecular complexity index is 1130. The molecule has 0 bridgehead atoms. The summed E-state index contributed by atoms with van der Waals surface area (Å²) in [7, 11) is 0. The van der Waals surface area contributed by atoms with Gasteiger partial charge in [-0.25, -0.2) is 4.79 Å². The molecule has 0 amide bonds. The molecule has 0 aliphatic rings. The van der Waals surface area contributed by atoms with Crippen LogP contribution in [0.3, 0.4) is 0 Å². The van der Waals surface area contributed by atoms with E-state index in [0.29, 0.717) is 11.3 Å². The van der Waals surface area contributed by atoms with E-state index in [-0.39, 0.29) is 12.1 Å². The molecule has 3 nitrogen and oxygen atoms in total. The number of carbonyl (C=O) groups is 1. The Labute approximate surface area is 262 Å². The molecule has 3 aromatic carbocycles. The number of carbonyl (C=O) groups excluding carboxylic acids is 1. The van der Waals surface area contributed by atoms with E-state index in [1.54, 1.807) is 0 Å². The predicted molar refractivity (Wildman–Crippen MR) is 182 cm³/mol. The van der Waals surface area contributed by atoms with Crippen LogP contribution in [0.5, 0.6) is 5.75 Å². The minimum atomic E-state index is -0.351. The van der Waals surface area contributed by atoms with Crippen LogP contribution in [0.2, 0.25) is 0 Å². The van der Waals surface area contributed by atoms with Gasteiger partial charge in [0.15, 0.2) is 0 Å². The number of benzene rings is 3. The van der Waals surface area contributed by atoms with E-state index in [2.05, 4.69) is 38.1 Å². The van der Waals surface area contributed by atoms with E-state index in [0.717, 1.165) is 37.0 Å². The molecule has 0 aliphatic carbocycles. The van der Waals surface area contributed by atoms with Crippen molar-refractivity contribution in [3.8, 4) is 16.9 Å². The average Bonchev–Trinajstić information content (AvgIpc) is 3.04. The number of unbranched alkanes of at least 4 members (excludes halogenated alkanes) is 13. The molecule has 3 heteroatoms. The lowest BCUT2D eigenvalue weighted by Crippen LogP contribution is -2.09. The van der Waals surface area contributed by atoms with Crippen LogP contribution in [0.1, 0.15) is 145 Å². The zero-order valence-electron chi connectivity index (χ0n) is 27.3. The first kappa shape index (κ1) is 34.6. The lowest BCUT2D eigenvalue weighted by Gasteiger charge is -2.13. The molecule has 0 fully saturated rings. The van der Waals surface area contributed by atoms with Crippen LogP contribution in [0.25, 0.3) is 11.1 Å². The van der Waals surface area contributed by atoms with Crippen molar-refractivity contribution >= 4 is 5.97 Å². The second-order valence-electron chi connectivity index (χ2n) is 12.1. The molecule has 234 valence electrons. The fourth-order valence-corrected chi connectivity index (χ4v) is 5.48. The third-order valence-corrected chi connectivity index (χ3v) is 8.40. The van der Waals surface area contributed by atoms with Gasteiger partial charge in [0.25, 0.3) is 0 Å². The van der Waals surface area contributed by atoms with Gasteiger partial charge in [0.05, 0.1) is 11.7 Å². The van der Waals surface area contributed by atoms with Crippen LogP contribution in [0.15, 0.2) is 72.8 Å². The van der Waals surface area contributed by atoms with Crippen LogP contribution >= 0.6 is 0 Å². The number of rotatable bonds is 22. The van der Waals surface area contributed by atoms with Crippen molar-refractivity contribution in [2.24, 2.45) is 0 Å². The highest BCUT2D eigenvalue weighted by Crippen LogP contribution is 2.25. The molecule has 0 saturated heterocycles. The number of ether oxygens (including phenoxy) is 2. The van der Waals surface area contributed by atoms with Crippen molar-refractivity contribution in [1.82, 2.24) is 0 Å². The topological polar surface area (TPSA) is 35.5 Å². The first-order valence-electron chi connectivity index (χ1n) is 17.2. The first-order chi connectivity index (χ1) is 21.1. The third-order valence-electron chi connectivity index (χ3n) is 8.40. The van der Waals surface area contributed by atoms with Gasteiger partial charge in [0.1, 0.15) is 5.75 Å². The lowest BCUT2D eigenvalue weighted by atomic mass is 10.0. The van der Waals surface area contributed by atoms with Gasteiger partial charge in [0, 0.05) is 6.61 Å². The van der Waals surface area contributed by atoms with Crippen molar-refractivity contribution in [2.75, 3.05) is 6.61 Å². The van der Waals surface area contributed by atoms with Gasteiger partial charge in [-0.1, -0.05) is 146 Å². The summed E-state index contributed by atoms with van der Waals surface area (Å²) in [5, 5.41) is 0. The normalized spacial score (nSPS) is 11.9. The minimum absolute atomic E-state index is 0.0115. The van der Waals surface area contributed by atoms with Gasteiger partial charge in [-0.2, -0.15) is 0 Å². The maximum absolute atomic E-state index is 12.7. The summed E-state index contributed by atoms with van der Waals surface area (Å²) in [5.74, 6) is 0.199. The van der Waals surface area contributed by atoms with Gasteiger partial charge in [-0.05, 0) is 72.7 Å². The van der Waals surface area contributed by atoms with Crippen LogP contribution in [0.4, 0.5) is 0 Å². The zero-order chi connectivity index (χ0) is 30.5. The quantitative estimate of drug-likeness (QED) is 0.0669. The highest BCUT2D eigenvalue weighted by Gasteiger charge is 2.11. The van der Waals surface area contributed by atoms with Crippen LogP contribution < -0.4 is 4.74 Å². The molecule has 0 N–H and O–H groups in total. The molecule has 3 aromatic rings. The summed E-state index contributed by atoms with van der Waals surface area (Å²) >= 11 is 0. The molecule has 0 spiro atoms. The molecule has 0 heterocycles. The van der Waals surface area contributed by atoms with Gasteiger partial charge in [-0.3, -0.25) is 0 Å². The predicted octanol–water partition coefficient (Wildman–Crippen LogP) is 12.1. The van der Waals surface area contributed by atoms with Crippen LogP contribution in [0, 0.1) is 0 Å². The Morgan fingerprint density at radius 1 is 0.581 bits per heavy atom. The third kappa shape index (κ3) is 13.5. The first-order valence-corrected chi connectivity index (χ1v) is 17.2. The van der Waals surface area contributed by atoms with Gasteiger partial charge < -0.3 is 9.47 Å². The fourth-order valence-electron chi connectivity index (χ4n) is 5.48. The number of aryl methyl sites for hydroxylation is 1. The molecule has 0 saturated carbocycles. The monoisotopic (exact) mass is 584 g/mol. The second-order valence-corrected chi connectivity index (χ2v) is 12.1. The SMILES string of the molecule is CCCCCCCCCCCCCCCc1ccc(-c2ccc(OC(=O)c3ccc(C(C)OCCCC)cc3)cc2)cc1. The molecular weight excluding hydrogens is 528 g/mol. The highest BCUT2D eigenvalue weighted by molar-refractivity contribution is 5.91. The van der Waals surface area contributed by atoms with Crippen molar-refractivity contribution in [1.29, 1.82) is 0 Å². The van der Waals surface area contributed by atoms with Crippen molar-refractivity contribution in [3.05, 3.63) is 89.5 Å². The van der Waals surface area contributed by atoms with E-state index in [9.17, 15) is 4.79 Å². The van der Waals surface area contributed by atoms with Gasteiger partial charge >= 0.3 is 5.97 Å². The van der Waals surface area contributed by atoms with Crippen molar-refractivity contribution < 1.29 is 14.3 Å². The number of hydrogen-bond acceptors (Lipinski definition) is 3. The summed E-state index contributed by atoms with van der Waals surface area (Å²) < 4.78 is 11.5. The summed E-state index contributed by atoms with van der Waals surface area (Å²) in [4.78, 5) is 12.7. The Hall–Kier alpha value is -2.91. The average molecular weight is 585 g/mol. The van der Waals surface area contributed by atoms with E-state index >= 15 is 0 Å². The standard InChI is InChI=1S/C40H56O3/c1-4-6-8-9-10-11-12-13-14-15-16-17-18-19-34-20-22-36(23-21-34)37-28-30-39(31-29-37)43-40(41)38-26-24-35(25-27-38)33(3)42-32-7-5-2/h20-31,33H,4-19,32H2,1-3H3. The smallest absolute Gasteiger partial charge is 0.343 e. The fraction of sp³-hybridized carbons (Fsp3) is 0.525. The van der Waals surface area contributed by atoms with E-state index in [1.807, 2.05) is 55.5 Å². The Kier molecular flexibility index (Phi) is 16.8. The van der Waals surface area contributed by atoms with Crippen LogP contribution in [-0.2, 0) is 11.2 Å². The second kappa shape index (κ2) is 20.9. The van der Waals surface area contributed by atoms with Gasteiger partial charge in [0.2, 0.25) is 0 Å². The molecule has 0 radical (unpaired) electrons. The van der Waals surface area contributed by atoms with E-state index in [4.69, 9.17) is 9.47 Å². The minimum Gasteiger partial charge on any atom is -0.423 e. The maximum Gasteiger partial charge on any atom is 0.343 e. The summed E-state index contributed by atoms with van der Waals surface area (Å²) in [6.07, 6.45) is 21.4. The van der Waals surface area contributed by atoms with Crippen LogP contribution in [-0.4, -0.2) is 12.6 Å². The Morgan fingerprint density at radius 3 is 1.60 bits per heavy atom. The molecule has 3 rings (SSSR count). The van der Waals surface area contributed by atoms with Crippen molar-refractivity contribution in [2.45, 2.75) is 130 Å². The Morgan fingerprint density at radius 2 is 1.07 bits per heavy atom. The zero-order valence-corrected chi connectivity index (χ0v) is 27.3. The molecule has 0 aliphatic heterocycles. The number of esters is 1.